The monoisotopic (exact) mass is 258 g/mol. The number of carbonyl (C=O) groups is 1. The second-order valence-corrected chi connectivity index (χ2v) is 5.21. The Labute approximate surface area is 109 Å². The van der Waals surface area contributed by atoms with Crippen LogP contribution in [0.2, 0.25) is 0 Å². The number of nitrogens with zero attached hydrogens (tertiary/aromatic N) is 1. The minimum Gasteiger partial charge on any atom is -0.449 e. The summed E-state index contributed by atoms with van der Waals surface area (Å²) >= 11 is 5.20. The van der Waals surface area contributed by atoms with Gasteiger partial charge in [-0.15, -0.1) is 0 Å². The summed E-state index contributed by atoms with van der Waals surface area (Å²) in [5.41, 5.74) is 0. The van der Waals surface area contributed by atoms with Gasteiger partial charge in [0.15, 0.2) is 5.11 Å². The highest BCUT2D eigenvalue weighted by Gasteiger charge is 2.15. The highest BCUT2D eigenvalue weighted by molar-refractivity contribution is 7.80. The van der Waals surface area contributed by atoms with Crippen LogP contribution in [-0.4, -0.2) is 35.8 Å². The third-order valence-electron chi connectivity index (χ3n) is 2.65. The first-order valence-electron chi connectivity index (χ1n) is 6.32. The maximum atomic E-state index is 11.4. The zero-order valence-corrected chi connectivity index (χ0v) is 11.5. The van der Waals surface area contributed by atoms with Gasteiger partial charge in [-0.1, -0.05) is 26.7 Å². The maximum Gasteiger partial charge on any atom is 0.413 e. The SMILES string of the molecule is CC(C)COC(=O)NC(=S)N1CCCCCC1. The number of ether oxygens (including phenoxy) is 1. The minimum absolute atomic E-state index is 0.340. The van der Waals surface area contributed by atoms with E-state index in [-0.39, 0.29) is 0 Å². The lowest BCUT2D eigenvalue weighted by Crippen LogP contribution is -2.43. The lowest BCUT2D eigenvalue weighted by atomic mass is 10.2. The fraction of sp³-hybridized carbons (Fsp3) is 0.833. The van der Waals surface area contributed by atoms with E-state index in [1.54, 1.807) is 0 Å². The Kier molecular flexibility index (Phi) is 6.26. The minimum atomic E-state index is -0.437. The lowest BCUT2D eigenvalue weighted by molar-refractivity contribution is 0.137. The molecule has 1 N–H and O–H groups in total. The standard InChI is InChI=1S/C12H22N2O2S/c1-10(2)9-16-12(15)13-11(17)14-7-5-3-4-6-8-14/h10H,3-9H2,1-2H3,(H,13,15,17). The summed E-state index contributed by atoms with van der Waals surface area (Å²) in [5.74, 6) is 0.340. The van der Waals surface area contributed by atoms with E-state index in [0.29, 0.717) is 17.6 Å². The molecule has 1 aliphatic rings. The van der Waals surface area contributed by atoms with Crippen molar-refractivity contribution in [1.82, 2.24) is 10.2 Å². The lowest BCUT2D eigenvalue weighted by Gasteiger charge is -2.23. The third kappa shape index (κ3) is 5.86. The van der Waals surface area contributed by atoms with E-state index in [1.165, 1.54) is 12.8 Å². The summed E-state index contributed by atoms with van der Waals surface area (Å²) < 4.78 is 5.03. The number of hydrogen-bond donors (Lipinski definition) is 1. The molecule has 0 unspecified atom stereocenters. The Morgan fingerprint density at radius 2 is 1.88 bits per heavy atom. The highest BCUT2D eigenvalue weighted by Crippen LogP contribution is 2.09. The van der Waals surface area contributed by atoms with Crippen molar-refractivity contribution in [1.29, 1.82) is 0 Å². The predicted octanol–water partition coefficient (Wildman–Crippen LogP) is 2.53. The first-order chi connectivity index (χ1) is 8.09. The van der Waals surface area contributed by atoms with Gasteiger partial charge in [-0.05, 0) is 31.0 Å². The van der Waals surface area contributed by atoms with Crippen molar-refractivity contribution in [2.24, 2.45) is 5.92 Å². The molecule has 0 aromatic heterocycles. The van der Waals surface area contributed by atoms with Gasteiger partial charge in [0.1, 0.15) is 0 Å². The van der Waals surface area contributed by atoms with Crippen molar-refractivity contribution in [2.45, 2.75) is 39.5 Å². The number of thiocarbonyl (C=S) groups is 1. The van der Waals surface area contributed by atoms with Gasteiger partial charge in [-0.25, -0.2) is 4.79 Å². The predicted molar refractivity (Wildman–Crippen MR) is 72.0 cm³/mol. The normalized spacial score (nSPS) is 16.5. The molecule has 17 heavy (non-hydrogen) atoms. The molecule has 1 aliphatic heterocycles. The Morgan fingerprint density at radius 1 is 1.29 bits per heavy atom. The molecular formula is C12H22N2O2S. The van der Waals surface area contributed by atoms with Crippen LogP contribution in [0.1, 0.15) is 39.5 Å². The number of likely N-dealkylation sites (tertiary alicyclic amines) is 1. The van der Waals surface area contributed by atoms with Gasteiger partial charge >= 0.3 is 6.09 Å². The van der Waals surface area contributed by atoms with E-state index in [4.69, 9.17) is 17.0 Å². The van der Waals surface area contributed by atoms with E-state index in [0.717, 1.165) is 25.9 Å². The quantitative estimate of drug-likeness (QED) is 0.773. The molecule has 0 atom stereocenters. The van der Waals surface area contributed by atoms with Crippen LogP contribution in [0, 0.1) is 5.92 Å². The molecule has 1 rings (SSSR count). The van der Waals surface area contributed by atoms with E-state index < -0.39 is 6.09 Å². The van der Waals surface area contributed by atoms with E-state index in [2.05, 4.69) is 10.2 Å². The van der Waals surface area contributed by atoms with Crippen LogP contribution in [0.25, 0.3) is 0 Å². The number of rotatable bonds is 2. The fourth-order valence-corrected chi connectivity index (χ4v) is 1.98. The fourth-order valence-electron chi connectivity index (χ4n) is 1.72. The Balaban J connectivity index is 2.29. The largest absolute Gasteiger partial charge is 0.449 e. The average molecular weight is 258 g/mol. The van der Waals surface area contributed by atoms with Crippen molar-refractivity contribution in [3.63, 3.8) is 0 Å². The van der Waals surface area contributed by atoms with Crippen molar-refractivity contribution < 1.29 is 9.53 Å². The molecule has 0 bridgehead atoms. The molecule has 0 aliphatic carbocycles. The molecule has 4 nitrogen and oxygen atoms in total. The molecule has 0 spiro atoms. The topological polar surface area (TPSA) is 41.6 Å². The smallest absolute Gasteiger partial charge is 0.413 e. The summed E-state index contributed by atoms with van der Waals surface area (Å²) in [5, 5.41) is 3.13. The Bertz CT molecular complexity index is 261. The zero-order valence-electron chi connectivity index (χ0n) is 10.7. The molecule has 0 aromatic carbocycles. The van der Waals surface area contributed by atoms with Gasteiger partial charge in [-0.2, -0.15) is 0 Å². The second-order valence-electron chi connectivity index (χ2n) is 4.82. The van der Waals surface area contributed by atoms with Crippen LogP contribution >= 0.6 is 12.2 Å². The van der Waals surface area contributed by atoms with Crippen molar-refractivity contribution in [2.75, 3.05) is 19.7 Å². The third-order valence-corrected chi connectivity index (χ3v) is 3.01. The van der Waals surface area contributed by atoms with Gasteiger partial charge in [0.05, 0.1) is 6.61 Å². The Hall–Kier alpha value is -0.840. The van der Waals surface area contributed by atoms with Gasteiger partial charge < -0.3 is 9.64 Å². The number of alkyl carbamates (subject to hydrolysis) is 1. The van der Waals surface area contributed by atoms with Crippen LogP contribution in [0.4, 0.5) is 4.79 Å². The van der Waals surface area contributed by atoms with Crippen molar-refractivity contribution >= 4 is 23.4 Å². The summed E-state index contributed by atoms with van der Waals surface area (Å²) in [6.45, 7) is 6.29. The molecule has 0 radical (unpaired) electrons. The molecular weight excluding hydrogens is 236 g/mol. The molecule has 1 fully saturated rings. The number of hydrogen-bond acceptors (Lipinski definition) is 3. The molecule has 1 saturated heterocycles. The maximum absolute atomic E-state index is 11.4. The van der Waals surface area contributed by atoms with Gasteiger partial charge in [0, 0.05) is 13.1 Å². The zero-order chi connectivity index (χ0) is 12.7. The molecule has 1 heterocycles. The van der Waals surface area contributed by atoms with Crippen molar-refractivity contribution in [3.8, 4) is 0 Å². The van der Waals surface area contributed by atoms with Crippen LogP contribution in [-0.2, 0) is 4.74 Å². The van der Waals surface area contributed by atoms with E-state index >= 15 is 0 Å². The van der Waals surface area contributed by atoms with Crippen LogP contribution in [0.15, 0.2) is 0 Å². The number of amides is 1. The van der Waals surface area contributed by atoms with Gasteiger partial charge in [0.2, 0.25) is 0 Å². The van der Waals surface area contributed by atoms with Crippen LogP contribution in [0.5, 0.6) is 0 Å². The average Bonchev–Trinajstić information content (AvgIpc) is 2.54. The van der Waals surface area contributed by atoms with E-state index in [9.17, 15) is 4.79 Å². The first kappa shape index (κ1) is 14.2. The van der Waals surface area contributed by atoms with Crippen LogP contribution in [0.3, 0.4) is 0 Å². The van der Waals surface area contributed by atoms with E-state index in [1.807, 2.05) is 13.8 Å². The molecule has 5 heteroatoms. The summed E-state index contributed by atoms with van der Waals surface area (Å²) in [6.07, 6.45) is 4.34. The van der Waals surface area contributed by atoms with Gasteiger partial charge in [-0.3, -0.25) is 5.32 Å². The molecule has 1 amide bonds. The molecule has 0 aromatic rings. The number of nitrogens with one attached hydrogen (secondary N) is 1. The summed E-state index contributed by atoms with van der Waals surface area (Å²) in [7, 11) is 0. The van der Waals surface area contributed by atoms with Crippen LogP contribution < -0.4 is 5.32 Å². The first-order valence-corrected chi connectivity index (χ1v) is 6.73. The molecule has 0 saturated carbocycles. The molecule has 98 valence electrons. The van der Waals surface area contributed by atoms with Crippen molar-refractivity contribution in [3.05, 3.63) is 0 Å². The summed E-state index contributed by atoms with van der Waals surface area (Å²) in [4.78, 5) is 13.5. The van der Waals surface area contributed by atoms with Gasteiger partial charge in [0.25, 0.3) is 0 Å². The highest BCUT2D eigenvalue weighted by atomic mass is 32.1. The second kappa shape index (κ2) is 7.48. The summed E-state index contributed by atoms with van der Waals surface area (Å²) in [6, 6.07) is 0. The Morgan fingerprint density at radius 3 is 2.41 bits per heavy atom. The number of carbonyl (C=O) groups excluding carboxylic acids is 1.